The highest BCUT2D eigenvalue weighted by Crippen LogP contribution is 2.28. The normalized spacial score (nSPS) is 11.4. The molecule has 25 heavy (non-hydrogen) atoms. The van der Waals surface area contributed by atoms with E-state index < -0.39 is 0 Å². The van der Waals surface area contributed by atoms with E-state index in [1.54, 1.807) is 33.7 Å². The van der Waals surface area contributed by atoms with Crippen LogP contribution in [0.25, 0.3) is 16.3 Å². The fourth-order valence-corrected chi connectivity index (χ4v) is 4.47. The summed E-state index contributed by atoms with van der Waals surface area (Å²) in [5.41, 5.74) is 2.23. The first-order valence-corrected chi connectivity index (χ1v) is 9.88. The van der Waals surface area contributed by atoms with Gasteiger partial charge in [0.15, 0.2) is 5.16 Å². The molecule has 0 radical (unpaired) electrons. The van der Waals surface area contributed by atoms with Crippen LogP contribution < -0.4 is 5.56 Å². The fourth-order valence-electron chi connectivity index (χ4n) is 2.58. The van der Waals surface area contributed by atoms with Crippen molar-refractivity contribution in [2.45, 2.75) is 25.5 Å². The SMILES string of the molecule is C=CCn1c(SCC=Cc2ccccc2)nc2sc(C)c(C)c2c1=O. The number of allylic oxidation sites excluding steroid dienone is 1. The van der Waals surface area contributed by atoms with E-state index in [1.807, 2.05) is 32.0 Å². The summed E-state index contributed by atoms with van der Waals surface area (Å²) in [6.45, 7) is 8.27. The molecule has 2 heterocycles. The highest BCUT2D eigenvalue weighted by molar-refractivity contribution is 7.99. The summed E-state index contributed by atoms with van der Waals surface area (Å²) in [6.07, 6.45) is 5.92. The molecule has 0 aliphatic heterocycles. The quantitative estimate of drug-likeness (QED) is 0.346. The van der Waals surface area contributed by atoms with E-state index in [-0.39, 0.29) is 5.56 Å². The van der Waals surface area contributed by atoms with Gasteiger partial charge in [-0.05, 0) is 25.0 Å². The molecule has 0 saturated carbocycles. The van der Waals surface area contributed by atoms with Crippen LogP contribution in [0, 0.1) is 13.8 Å². The van der Waals surface area contributed by atoms with E-state index >= 15 is 0 Å². The van der Waals surface area contributed by atoms with Crippen LogP contribution in [0.5, 0.6) is 0 Å². The minimum Gasteiger partial charge on any atom is -0.283 e. The predicted octanol–water partition coefficient (Wildman–Crippen LogP) is 5.07. The van der Waals surface area contributed by atoms with E-state index in [0.29, 0.717) is 6.54 Å². The van der Waals surface area contributed by atoms with Crippen molar-refractivity contribution in [2.24, 2.45) is 0 Å². The van der Waals surface area contributed by atoms with Gasteiger partial charge in [0.25, 0.3) is 5.56 Å². The molecule has 3 aromatic rings. The molecule has 3 nitrogen and oxygen atoms in total. The molecule has 1 aromatic carbocycles. The number of thioether (sulfide) groups is 1. The van der Waals surface area contributed by atoms with Crippen LogP contribution in [-0.4, -0.2) is 15.3 Å². The Morgan fingerprint density at radius 2 is 2.04 bits per heavy atom. The summed E-state index contributed by atoms with van der Waals surface area (Å²) in [7, 11) is 0. The molecule has 0 fully saturated rings. The lowest BCUT2D eigenvalue weighted by Gasteiger charge is -2.09. The van der Waals surface area contributed by atoms with E-state index in [1.165, 1.54) is 5.56 Å². The summed E-state index contributed by atoms with van der Waals surface area (Å²) in [6, 6.07) is 10.2. The second kappa shape index (κ2) is 7.85. The smallest absolute Gasteiger partial charge is 0.263 e. The Labute approximate surface area is 155 Å². The molecule has 5 heteroatoms. The van der Waals surface area contributed by atoms with Crippen molar-refractivity contribution in [3.05, 3.63) is 75.4 Å². The van der Waals surface area contributed by atoms with Gasteiger partial charge in [-0.1, -0.05) is 60.3 Å². The van der Waals surface area contributed by atoms with Gasteiger partial charge >= 0.3 is 0 Å². The summed E-state index contributed by atoms with van der Waals surface area (Å²) in [4.78, 5) is 19.6. The number of hydrogen-bond donors (Lipinski definition) is 0. The number of nitrogens with zero attached hydrogens (tertiary/aromatic N) is 2. The number of aromatic nitrogens is 2. The number of rotatable bonds is 6. The lowest BCUT2D eigenvalue weighted by molar-refractivity contribution is 0.673. The Morgan fingerprint density at radius 3 is 2.76 bits per heavy atom. The molecule has 128 valence electrons. The van der Waals surface area contributed by atoms with Crippen LogP contribution in [-0.2, 0) is 6.54 Å². The Kier molecular flexibility index (Phi) is 5.56. The third kappa shape index (κ3) is 3.78. The molecule has 0 saturated heterocycles. The second-order valence-corrected chi connectivity index (χ2v) is 7.88. The first-order valence-electron chi connectivity index (χ1n) is 8.07. The second-order valence-electron chi connectivity index (χ2n) is 5.69. The van der Waals surface area contributed by atoms with Crippen molar-refractivity contribution in [1.82, 2.24) is 9.55 Å². The van der Waals surface area contributed by atoms with Crippen LogP contribution in [0.4, 0.5) is 0 Å². The molecule has 0 amide bonds. The Morgan fingerprint density at radius 1 is 1.28 bits per heavy atom. The van der Waals surface area contributed by atoms with Gasteiger partial charge in [0, 0.05) is 17.2 Å². The van der Waals surface area contributed by atoms with Gasteiger partial charge in [0.1, 0.15) is 4.83 Å². The lowest BCUT2D eigenvalue weighted by Crippen LogP contribution is -2.22. The predicted molar refractivity (Wildman–Crippen MR) is 110 cm³/mol. The summed E-state index contributed by atoms with van der Waals surface area (Å²) in [5, 5.41) is 1.49. The molecule has 0 unspecified atom stereocenters. The third-order valence-electron chi connectivity index (χ3n) is 3.98. The largest absolute Gasteiger partial charge is 0.283 e. The summed E-state index contributed by atoms with van der Waals surface area (Å²) < 4.78 is 1.72. The fraction of sp³-hybridized carbons (Fsp3) is 0.200. The van der Waals surface area contributed by atoms with Gasteiger partial charge in [0.05, 0.1) is 5.39 Å². The van der Waals surface area contributed by atoms with Crippen molar-refractivity contribution in [1.29, 1.82) is 0 Å². The number of thiophene rings is 1. The number of fused-ring (bicyclic) bond motifs is 1. The van der Waals surface area contributed by atoms with Gasteiger partial charge < -0.3 is 0 Å². The maximum Gasteiger partial charge on any atom is 0.263 e. The highest BCUT2D eigenvalue weighted by atomic mass is 32.2. The van der Waals surface area contributed by atoms with Gasteiger partial charge in [-0.25, -0.2) is 4.98 Å². The molecular weight excluding hydrogens is 348 g/mol. The zero-order chi connectivity index (χ0) is 17.8. The highest BCUT2D eigenvalue weighted by Gasteiger charge is 2.15. The lowest BCUT2D eigenvalue weighted by atomic mass is 10.2. The molecular formula is C20H20N2OS2. The topological polar surface area (TPSA) is 34.9 Å². The standard InChI is InChI=1S/C20H20N2OS2/c1-4-12-22-19(23)17-14(2)15(3)25-18(17)21-20(22)24-13-8-11-16-9-6-5-7-10-16/h4-11H,1,12-13H2,2-3H3. The minimum absolute atomic E-state index is 0.0290. The van der Waals surface area contributed by atoms with E-state index in [0.717, 1.165) is 31.6 Å². The molecule has 0 spiro atoms. The van der Waals surface area contributed by atoms with Crippen molar-refractivity contribution in [3.63, 3.8) is 0 Å². The summed E-state index contributed by atoms with van der Waals surface area (Å²) >= 11 is 3.16. The zero-order valence-corrected chi connectivity index (χ0v) is 16.0. The van der Waals surface area contributed by atoms with Crippen LogP contribution in [0.1, 0.15) is 16.0 Å². The molecule has 0 aliphatic rings. The van der Waals surface area contributed by atoms with Crippen molar-refractivity contribution in [3.8, 4) is 0 Å². The third-order valence-corrected chi connectivity index (χ3v) is 6.01. The van der Waals surface area contributed by atoms with Gasteiger partial charge in [-0.3, -0.25) is 9.36 Å². The Hall–Kier alpha value is -2.11. The average Bonchev–Trinajstić information content (AvgIpc) is 2.90. The molecule has 0 bridgehead atoms. The molecule has 2 aromatic heterocycles. The minimum atomic E-state index is 0.0290. The summed E-state index contributed by atoms with van der Waals surface area (Å²) in [5.74, 6) is 0.757. The van der Waals surface area contributed by atoms with Crippen molar-refractivity contribution < 1.29 is 0 Å². The van der Waals surface area contributed by atoms with E-state index in [9.17, 15) is 4.79 Å². The maximum absolute atomic E-state index is 12.9. The van der Waals surface area contributed by atoms with E-state index in [4.69, 9.17) is 4.98 Å². The monoisotopic (exact) mass is 368 g/mol. The molecule has 0 atom stereocenters. The van der Waals surface area contributed by atoms with Crippen LogP contribution >= 0.6 is 23.1 Å². The van der Waals surface area contributed by atoms with Gasteiger partial charge in [0.2, 0.25) is 0 Å². The van der Waals surface area contributed by atoms with Gasteiger partial charge in [-0.2, -0.15) is 0 Å². The first kappa shape index (κ1) is 17.7. The molecule has 3 rings (SSSR count). The van der Waals surface area contributed by atoms with Crippen LogP contribution in [0.3, 0.4) is 0 Å². The van der Waals surface area contributed by atoms with Crippen LogP contribution in [0.15, 0.2) is 59.0 Å². The number of benzene rings is 1. The maximum atomic E-state index is 12.9. The van der Waals surface area contributed by atoms with Crippen LogP contribution in [0.2, 0.25) is 0 Å². The Balaban J connectivity index is 1.89. The zero-order valence-electron chi connectivity index (χ0n) is 14.4. The average molecular weight is 369 g/mol. The molecule has 0 aliphatic carbocycles. The van der Waals surface area contributed by atoms with Crippen molar-refractivity contribution in [2.75, 3.05) is 5.75 Å². The number of hydrogen-bond acceptors (Lipinski definition) is 4. The first-order chi connectivity index (χ1) is 12.1. The Bertz CT molecular complexity index is 984. The van der Waals surface area contributed by atoms with E-state index in [2.05, 4.69) is 30.9 Å². The van der Waals surface area contributed by atoms with Gasteiger partial charge in [-0.15, -0.1) is 17.9 Å². The number of aryl methyl sites for hydroxylation is 2. The van der Waals surface area contributed by atoms with Crippen molar-refractivity contribution >= 4 is 39.4 Å². The molecule has 0 N–H and O–H groups in total.